The molecule has 0 aromatic heterocycles. The molecule has 162 valence electrons. The Labute approximate surface area is 175 Å². The number of carboxylic acid groups (broad SMARTS) is 1. The third-order valence-corrected chi connectivity index (χ3v) is 9.14. The molecular weight excluding hydrogens is 364 g/mol. The summed E-state index contributed by atoms with van der Waals surface area (Å²) in [4.78, 5) is 24.9. The fourth-order valence-electron chi connectivity index (χ4n) is 7.40. The largest absolute Gasteiger partial charge is 0.481 e. The van der Waals surface area contributed by atoms with Gasteiger partial charge >= 0.3 is 11.9 Å². The summed E-state index contributed by atoms with van der Waals surface area (Å²) in [5.74, 6) is -0.374. The number of carboxylic acids is 1. The molecule has 0 spiro atoms. The number of aliphatic carboxylic acids is 1. The van der Waals surface area contributed by atoms with Gasteiger partial charge in [0.1, 0.15) is 6.10 Å². The molecule has 6 unspecified atom stereocenters. The molecule has 3 fully saturated rings. The van der Waals surface area contributed by atoms with E-state index in [1.165, 1.54) is 0 Å². The first kappa shape index (κ1) is 22.1. The lowest BCUT2D eigenvalue weighted by atomic mass is 9.39. The monoisotopic (exact) mass is 402 g/mol. The predicted molar refractivity (Wildman–Crippen MR) is 114 cm³/mol. The van der Waals surface area contributed by atoms with E-state index in [0.29, 0.717) is 11.5 Å². The highest BCUT2D eigenvalue weighted by atomic mass is 16.5. The first-order chi connectivity index (χ1) is 13.6. The number of carbonyl (C=O) groups is 2. The second kappa shape index (κ2) is 7.59. The second-order valence-electron chi connectivity index (χ2n) is 10.3. The molecule has 3 saturated carbocycles. The van der Waals surface area contributed by atoms with Gasteiger partial charge in [0, 0.05) is 11.0 Å². The zero-order valence-electron chi connectivity index (χ0n) is 18.8. The summed E-state index contributed by atoms with van der Waals surface area (Å²) < 4.78 is 6.12. The van der Waals surface area contributed by atoms with Crippen molar-refractivity contribution in [2.75, 3.05) is 0 Å². The normalized spacial score (nSPS) is 42.6. The van der Waals surface area contributed by atoms with E-state index in [1.54, 1.807) is 13.0 Å². The molecule has 1 N–H and O–H groups in total. The van der Waals surface area contributed by atoms with Gasteiger partial charge in [0.15, 0.2) is 0 Å². The van der Waals surface area contributed by atoms with E-state index in [-0.39, 0.29) is 28.8 Å². The Bertz CT molecular complexity index is 737. The third-order valence-electron chi connectivity index (χ3n) is 9.14. The molecule has 3 aliphatic rings. The zero-order valence-corrected chi connectivity index (χ0v) is 18.8. The van der Waals surface area contributed by atoms with Crippen LogP contribution in [0.5, 0.6) is 0 Å². The summed E-state index contributed by atoms with van der Waals surface area (Å²) in [6, 6.07) is 0. The SMILES string of the molecule is C=C1CCC2C3(C)CCCC(C)(C(=O)O)C3CCC2(CC)C1OC(=O)/C(C)=C/C. The van der Waals surface area contributed by atoms with Crippen LogP contribution in [-0.2, 0) is 14.3 Å². The standard InChI is InChI=1S/C25H38O4/c1-7-16(3)21(26)29-20-17(4)10-11-19-23(5)13-9-14-24(6,22(27)28)18(23)12-15-25(19,20)8-2/h7,18-20H,4,8-15H2,1-3,5-6H3,(H,27,28)/b16-7+. The molecule has 0 saturated heterocycles. The van der Waals surface area contributed by atoms with Crippen molar-refractivity contribution in [3.05, 3.63) is 23.8 Å². The quantitative estimate of drug-likeness (QED) is 0.360. The minimum atomic E-state index is -0.658. The van der Waals surface area contributed by atoms with Crippen LogP contribution in [0.2, 0.25) is 0 Å². The van der Waals surface area contributed by atoms with E-state index in [4.69, 9.17) is 4.74 Å². The van der Waals surface area contributed by atoms with Crippen molar-refractivity contribution in [3.8, 4) is 0 Å². The molecule has 0 aromatic carbocycles. The molecule has 4 heteroatoms. The van der Waals surface area contributed by atoms with Crippen molar-refractivity contribution in [2.45, 2.75) is 92.1 Å². The summed E-state index contributed by atoms with van der Waals surface area (Å²) in [6.45, 7) is 14.5. The Morgan fingerprint density at radius 1 is 1.21 bits per heavy atom. The first-order valence-electron chi connectivity index (χ1n) is 11.3. The van der Waals surface area contributed by atoms with Gasteiger partial charge in [0.05, 0.1) is 5.41 Å². The Morgan fingerprint density at radius 2 is 1.90 bits per heavy atom. The summed E-state index contributed by atoms with van der Waals surface area (Å²) in [7, 11) is 0. The van der Waals surface area contributed by atoms with Crippen LogP contribution in [0.1, 0.15) is 86.0 Å². The van der Waals surface area contributed by atoms with Crippen LogP contribution >= 0.6 is 0 Å². The van der Waals surface area contributed by atoms with Gasteiger partial charge in [0.2, 0.25) is 0 Å². The van der Waals surface area contributed by atoms with Gasteiger partial charge in [-0.1, -0.05) is 32.9 Å². The van der Waals surface area contributed by atoms with Crippen LogP contribution in [0.4, 0.5) is 0 Å². The first-order valence-corrected chi connectivity index (χ1v) is 11.3. The molecule has 0 bridgehead atoms. The average Bonchev–Trinajstić information content (AvgIpc) is 2.68. The molecule has 3 rings (SSSR count). The lowest BCUT2D eigenvalue weighted by molar-refractivity contribution is -0.201. The van der Waals surface area contributed by atoms with E-state index in [9.17, 15) is 14.7 Å². The number of ether oxygens (including phenoxy) is 1. The number of hydrogen-bond donors (Lipinski definition) is 1. The Balaban J connectivity index is 2.02. The van der Waals surface area contributed by atoms with Crippen molar-refractivity contribution >= 4 is 11.9 Å². The van der Waals surface area contributed by atoms with Crippen molar-refractivity contribution in [1.82, 2.24) is 0 Å². The molecule has 29 heavy (non-hydrogen) atoms. The number of rotatable bonds is 4. The van der Waals surface area contributed by atoms with Gasteiger partial charge in [0.25, 0.3) is 0 Å². The maximum absolute atomic E-state index is 12.7. The molecule has 0 heterocycles. The van der Waals surface area contributed by atoms with Crippen LogP contribution in [0.3, 0.4) is 0 Å². The van der Waals surface area contributed by atoms with Crippen LogP contribution < -0.4 is 0 Å². The molecule has 0 amide bonds. The number of fused-ring (bicyclic) bond motifs is 3. The summed E-state index contributed by atoms with van der Waals surface area (Å²) in [5, 5.41) is 10.1. The highest BCUT2D eigenvalue weighted by molar-refractivity contribution is 5.88. The van der Waals surface area contributed by atoms with Gasteiger partial charge in [-0.25, -0.2) is 4.79 Å². The maximum Gasteiger partial charge on any atom is 0.333 e. The third kappa shape index (κ3) is 3.18. The molecule has 0 aliphatic heterocycles. The maximum atomic E-state index is 12.7. The van der Waals surface area contributed by atoms with E-state index < -0.39 is 11.4 Å². The van der Waals surface area contributed by atoms with Crippen LogP contribution in [0.25, 0.3) is 0 Å². The Morgan fingerprint density at radius 3 is 2.48 bits per heavy atom. The number of allylic oxidation sites excluding steroid dienone is 1. The second-order valence-corrected chi connectivity index (χ2v) is 10.3. The van der Waals surface area contributed by atoms with Crippen LogP contribution in [0.15, 0.2) is 23.8 Å². The van der Waals surface area contributed by atoms with Gasteiger partial charge in [-0.05, 0) is 88.5 Å². The minimum absolute atomic E-state index is 0.0410. The summed E-state index contributed by atoms with van der Waals surface area (Å²) in [6.07, 6.45) is 8.89. The van der Waals surface area contributed by atoms with E-state index in [2.05, 4.69) is 20.4 Å². The van der Waals surface area contributed by atoms with E-state index in [0.717, 1.165) is 56.9 Å². The van der Waals surface area contributed by atoms with Crippen molar-refractivity contribution in [2.24, 2.45) is 28.1 Å². The lowest BCUT2D eigenvalue weighted by Crippen LogP contribution is -2.62. The van der Waals surface area contributed by atoms with Crippen molar-refractivity contribution in [3.63, 3.8) is 0 Å². The fraction of sp³-hybridized carbons (Fsp3) is 0.760. The van der Waals surface area contributed by atoms with Gasteiger partial charge in [-0.15, -0.1) is 0 Å². The number of esters is 1. The summed E-state index contributed by atoms with van der Waals surface area (Å²) >= 11 is 0. The van der Waals surface area contributed by atoms with Gasteiger partial charge in [-0.2, -0.15) is 0 Å². The van der Waals surface area contributed by atoms with Crippen LogP contribution in [-0.4, -0.2) is 23.1 Å². The number of hydrogen-bond acceptors (Lipinski definition) is 3. The Kier molecular flexibility index (Phi) is 5.79. The topological polar surface area (TPSA) is 63.6 Å². The lowest BCUT2D eigenvalue weighted by Gasteiger charge is -2.65. The summed E-state index contributed by atoms with van der Waals surface area (Å²) in [5.41, 5.74) is 0.818. The van der Waals surface area contributed by atoms with Gasteiger partial charge < -0.3 is 9.84 Å². The fourth-order valence-corrected chi connectivity index (χ4v) is 7.40. The van der Waals surface area contributed by atoms with Crippen molar-refractivity contribution in [1.29, 1.82) is 0 Å². The number of carbonyl (C=O) groups excluding carboxylic acids is 1. The molecule has 0 radical (unpaired) electrons. The van der Waals surface area contributed by atoms with E-state index in [1.807, 2.05) is 13.8 Å². The smallest absolute Gasteiger partial charge is 0.333 e. The van der Waals surface area contributed by atoms with Crippen molar-refractivity contribution < 1.29 is 19.4 Å². The molecular formula is C25H38O4. The molecule has 6 atom stereocenters. The minimum Gasteiger partial charge on any atom is -0.481 e. The molecule has 4 nitrogen and oxygen atoms in total. The van der Waals surface area contributed by atoms with Crippen LogP contribution in [0, 0.1) is 28.1 Å². The van der Waals surface area contributed by atoms with Gasteiger partial charge in [-0.3, -0.25) is 4.79 Å². The highest BCUT2D eigenvalue weighted by Crippen LogP contribution is 2.69. The Hall–Kier alpha value is -1.58. The predicted octanol–water partition coefficient (Wildman–Crippen LogP) is 5.92. The average molecular weight is 403 g/mol. The molecule has 3 aliphatic carbocycles. The highest BCUT2D eigenvalue weighted by Gasteiger charge is 2.65. The zero-order chi connectivity index (χ0) is 21.6. The molecule has 0 aromatic rings. The van der Waals surface area contributed by atoms with E-state index >= 15 is 0 Å².